The lowest BCUT2D eigenvalue weighted by atomic mass is 10.3. The number of ether oxygens (including phenoxy) is 2. The Morgan fingerprint density at radius 2 is 2.17 bits per heavy atom. The summed E-state index contributed by atoms with van der Waals surface area (Å²) in [7, 11) is 0. The van der Waals surface area contributed by atoms with Gasteiger partial charge in [0.2, 0.25) is 0 Å². The molecule has 0 saturated heterocycles. The van der Waals surface area contributed by atoms with E-state index in [1.54, 1.807) is 0 Å². The number of benzene rings is 1. The molecule has 0 unspecified atom stereocenters. The fraction of sp³-hybridized carbons (Fsp3) is 0.529. The molecule has 124 valence electrons. The summed E-state index contributed by atoms with van der Waals surface area (Å²) in [5, 5.41) is 0. The Balaban J connectivity index is 2.00. The minimum absolute atomic E-state index is 0.00625. The molecule has 5 nitrogen and oxygen atoms in total. The van der Waals surface area contributed by atoms with Crippen molar-refractivity contribution in [3.8, 4) is 5.75 Å². The van der Waals surface area contributed by atoms with Crippen molar-refractivity contribution >= 4 is 27.5 Å². The molecule has 1 fully saturated rings. The first-order chi connectivity index (χ1) is 11.2. The van der Waals surface area contributed by atoms with Crippen LogP contribution in [0, 0.1) is 5.92 Å². The van der Waals surface area contributed by atoms with Crippen molar-refractivity contribution < 1.29 is 14.3 Å². The van der Waals surface area contributed by atoms with Crippen LogP contribution in [0.5, 0.6) is 5.75 Å². The summed E-state index contributed by atoms with van der Waals surface area (Å²) in [6.45, 7) is 6.57. The van der Waals surface area contributed by atoms with Gasteiger partial charge < -0.3 is 14.0 Å². The second kappa shape index (κ2) is 7.27. The van der Waals surface area contributed by atoms with Gasteiger partial charge in [0.25, 0.3) is 5.91 Å². The summed E-state index contributed by atoms with van der Waals surface area (Å²) in [6.07, 6.45) is 1.95. The molecule has 3 rings (SSSR count). The number of amides is 1. The zero-order valence-corrected chi connectivity index (χ0v) is 14.4. The molecule has 0 bridgehead atoms. The topological polar surface area (TPSA) is 52.8 Å². The third-order valence-corrected chi connectivity index (χ3v) is 4.80. The summed E-state index contributed by atoms with van der Waals surface area (Å²) >= 11 is 1.54. The van der Waals surface area contributed by atoms with E-state index < -0.39 is 0 Å². The molecule has 1 aliphatic rings. The van der Waals surface area contributed by atoms with Crippen LogP contribution in [-0.4, -0.2) is 30.3 Å². The number of nitrogens with zero attached hydrogens (tertiary/aromatic N) is 2. The number of carbonyl (C=O) groups is 1. The molecule has 1 heterocycles. The first kappa shape index (κ1) is 16.2. The van der Waals surface area contributed by atoms with Crippen molar-refractivity contribution in [3.63, 3.8) is 0 Å². The molecule has 1 aromatic carbocycles. The molecule has 1 saturated carbocycles. The van der Waals surface area contributed by atoms with Crippen LogP contribution >= 0.6 is 11.3 Å². The molecular weight excluding hydrogens is 312 g/mol. The van der Waals surface area contributed by atoms with Crippen molar-refractivity contribution in [1.82, 2.24) is 4.57 Å². The van der Waals surface area contributed by atoms with Gasteiger partial charge >= 0.3 is 0 Å². The highest BCUT2D eigenvalue weighted by Crippen LogP contribution is 2.30. The molecule has 1 aliphatic carbocycles. The van der Waals surface area contributed by atoms with E-state index in [0.717, 1.165) is 33.6 Å². The average molecular weight is 334 g/mol. The second-order valence-corrected chi connectivity index (χ2v) is 6.53. The van der Waals surface area contributed by atoms with Crippen LogP contribution in [0.2, 0.25) is 0 Å². The minimum Gasteiger partial charge on any atom is -0.494 e. The van der Waals surface area contributed by atoms with E-state index in [0.29, 0.717) is 26.4 Å². The summed E-state index contributed by atoms with van der Waals surface area (Å²) < 4.78 is 14.2. The zero-order chi connectivity index (χ0) is 16.2. The molecule has 0 atom stereocenters. The van der Waals surface area contributed by atoms with Crippen LogP contribution in [0.4, 0.5) is 0 Å². The molecular formula is C17H22N2O3S. The largest absolute Gasteiger partial charge is 0.494 e. The van der Waals surface area contributed by atoms with Gasteiger partial charge in [-0.2, -0.15) is 4.99 Å². The van der Waals surface area contributed by atoms with Crippen LogP contribution in [0.3, 0.4) is 0 Å². The molecule has 1 aromatic heterocycles. The summed E-state index contributed by atoms with van der Waals surface area (Å²) in [6, 6.07) is 6.01. The Morgan fingerprint density at radius 1 is 1.35 bits per heavy atom. The number of aromatic nitrogens is 1. The quantitative estimate of drug-likeness (QED) is 0.732. The predicted molar refractivity (Wildman–Crippen MR) is 90.8 cm³/mol. The zero-order valence-electron chi connectivity index (χ0n) is 13.6. The number of hydrogen-bond donors (Lipinski definition) is 0. The van der Waals surface area contributed by atoms with E-state index in [1.165, 1.54) is 11.3 Å². The number of thiazole rings is 1. The van der Waals surface area contributed by atoms with Crippen molar-refractivity contribution in [3.05, 3.63) is 23.0 Å². The summed E-state index contributed by atoms with van der Waals surface area (Å²) in [4.78, 5) is 17.2. The van der Waals surface area contributed by atoms with E-state index in [2.05, 4.69) is 9.56 Å². The third-order valence-electron chi connectivity index (χ3n) is 3.76. The van der Waals surface area contributed by atoms with Gasteiger partial charge in [0.1, 0.15) is 5.75 Å². The fourth-order valence-electron chi connectivity index (χ4n) is 2.43. The Bertz CT molecular complexity index is 759. The van der Waals surface area contributed by atoms with Gasteiger partial charge in [0, 0.05) is 19.1 Å². The van der Waals surface area contributed by atoms with E-state index >= 15 is 0 Å². The molecule has 1 amide bonds. The maximum absolute atomic E-state index is 12.1. The van der Waals surface area contributed by atoms with Gasteiger partial charge in [-0.3, -0.25) is 4.79 Å². The van der Waals surface area contributed by atoms with Crippen LogP contribution in [0.1, 0.15) is 26.7 Å². The molecule has 0 spiro atoms. The number of hydrogen-bond acceptors (Lipinski definition) is 4. The monoisotopic (exact) mass is 334 g/mol. The van der Waals surface area contributed by atoms with Crippen molar-refractivity contribution in [2.45, 2.75) is 33.2 Å². The number of rotatable bonds is 7. The molecule has 0 N–H and O–H groups in total. The maximum Gasteiger partial charge on any atom is 0.251 e. The van der Waals surface area contributed by atoms with Gasteiger partial charge in [-0.15, -0.1) is 0 Å². The number of fused-ring (bicyclic) bond motifs is 1. The van der Waals surface area contributed by atoms with Gasteiger partial charge in [-0.1, -0.05) is 11.3 Å². The fourth-order valence-corrected chi connectivity index (χ4v) is 3.52. The van der Waals surface area contributed by atoms with Gasteiger partial charge in [0.15, 0.2) is 4.80 Å². The average Bonchev–Trinajstić information content (AvgIpc) is 3.33. The molecule has 0 radical (unpaired) electrons. The Hall–Kier alpha value is -1.66. The molecule has 23 heavy (non-hydrogen) atoms. The lowest BCUT2D eigenvalue weighted by Gasteiger charge is -2.06. The minimum atomic E-state index is 0.00625. The van der Waals surface area contributed by atoms with E-state index in [9.17, 15) is 4.79 Å². The molecule has 6 heteroatoms. The predicted octanol–water partition coefficient (Wildman–Crippen LogP) is 2.98. The lowest BCUT2D eigenvalue weighted by Crippen LogP contribution is -2.20. The highest BCUT2D eigenvalue weighted by atomic mass is 32.1. The van der Waals surface area contributed by atoms with Crippen molar-refractivity contribution in [2.75, 3.05) is 19.8 Å². The first-order valence-corrected chi connectivity index (χ1v) is 8.97. The van der Waals surface area contributed by atoms with Crippen molar-refractivity contribution in [1.29, 1.82) is 0 Å². The van der Waals surface area contributed by atoms with Gasteiger partial charge in [-0.05, 0) is 44.9 Å². The Morgan fingerprint density at radius 3 is 2.87 bits per heavy atom. The lowest BCUT2D eigenvalue weighted by molar-refractivity contribution is -0.119. The SMILES string of the molecule is CCOCCn1c(=NC(=O)C2CC2)sc2cc(OCC)ccc21. The van der Waals surface area contributed by atoms with Crippen molar-refractivity contribution in [2.24, 2.45) is 10.9 Å². The van der Waals surface area contributed by atoms with Crippen LogP contribution < -0.4 is 9.54 Å². The van der Waals surface area contributed by atoms with Gasteiger partial charge in [-0.25, -0.2) is 0 Å². The number of carbonyl (C=O) groups excluding carboxylic acids is 1. The molecule has 2 aromatic rings. The third kappa shape index (κ3) is 3.82. The van der Waals surface area contributed by atoms with E-state index in [4.69, 9.17) is 9.47 Å². The standard InChI is InChI=1S/C17H22N2O3S/c1-3-21-10-9-19-14-8-7-13(22-4-2)11-15(14)23-17(19)18-16(20)12-5-6-12/h7-8,11-12H,3-6,9-10H2,1-2H3. The van der Waals surface area contributed by atoms with Gasteiger partial charge in [0.05, 0.1) is 23.4 Å². The van der Waals surface area contributed by atoms with Crippen LogP contribution in [0.15, 0.2) is 23.2 Å². The van der Waals surface area contributed by atoms with E-state index in [-0.39, 0.29) is 11.8 Å². The summed E-state index contributed by atoms with van der Waals surface area (Å²) in [5.74, 6) is 0.990. The molecule has 0 aliphatic heterocycles. The highest BCUT2D eigenvalue weighted by molar-refractivity contribution is 7.16. The van der Waals surface area contributed by atoms with Crippen LogP contribution in [-0.2, 0) is 16.1 Å². The second-order valence-electron chi connectivity index (χ2n) is 5.52. The first-order valence-electron chi connectivity index (χ1n) is 8.15. The Kier molecular flexibility index (Phi) is 5.13. The maximum atomic E-state index is 12.1. The summed E-state index contributed by atoms with van der Waals surface area (Å²) in [5.41, 5.74) is 1.07. The smallest absolute Gasteiger partial charge is 0.251 e. The normalized spacial score (nSPS) is 15.3. The van der Waals surface area contributed by atoms with E-state index in [1.807, 2.05) is 32.0 Å². The highest BCUT2D eigenvalue weighted by Gasteiger charge is 2.29. The Labute approximate surface area is 139 Å². The van der Waals surface area contributed by atoms with Crippen LogP contribution in [0.25, 0.3) is 10.2 Å².